The van der Waals surface area contributed by atoms with Gasteiger partial charge in [-0.25, -0.2) is 4.98 Å². The lowest BCUT2D eigenvalue weighted by Gasteiger charge is -2.27. The molecule has 1 aromatic carbocycles. The highest BCUT2D eigenvalue weighted by atomic mass is 79.9. The van der Waals surface area contributed by atoms with Gasteiger partial charge in [0.15, 0.2) is 0 Å². The van der Waals surface area contributed by atoms with Crippen molar-refractivity contribution in [2.24, 2.45) is 5.92 Å². The molecule has 1 aromatic heterocycles. The molecule has 0 radical (unpaired) electrons. The van der Waals surface area contributed by atoms with Gasteiger partial charge >= 0.3 is 0 Å². The Balaban J connectivity index is 0.00000225. The van der Waals surface area contributed by atoms with E-state index < -0.39 is 0 Å². The first-order valence-corrected chi connectivity index (χ1v) is 8.83. The van der Waals surface area contributed by atoms with Gasteiger partial charge in [0.25, 0.3) is 0 Å². The number of hydrogen-bond donors (Lipinski definition) is 2. The molecule has 7 heteroatoms. The number of carbonyl (C=O) groups excluding carboxylic acids is 1. The summed E-state index contributed by atoms with van der Waals surface area (Å²) in [5.41, 5.74) is 0.688. The van der Waals surface area contributed by atoms with E-state index in [0.717, 1.165) is 23.9 Å². The van der Waals surface area contributed by atoms with Crippen LogP contribution < -0.4 is 15.4 Å². The number of hydrogen-bond acceptors (Lipinski definition) is 4. The summed E-state index contributed by atoms with van der Waals surface area (Å²) in [5.74, 6) is 1.31. The number of pyridine rings is 1. The van der Waals surface area contributed by atoms with Crippen LogP contribution in [0.25, 0.3) is 0 Å². The number of carbonyl (C=O) groups is 1. The van der Waals surface area contributed by atoms with Gasteiger partial charge in [0.05, 0.1) is 11.9 Å². The number of nitrogens with zero attached hydrogens (tertiary/aromatic N) is 1. The Hall–Kier alpha value is -1.63. The van der Waals surface area contributed by atoms with E-state index in [4.69, 9.17) is 4.74 Å². The summed E-state index contributed by atoms with van der Waals surface area (Å²) in [7, 11) is 0. The maximum Gasteiger partial charge on any atom is 0.227 e. The lowest BCUT2D eigenvalue weighted by Crippen LogP contribution is -2.40. The number of amides is 1. The molecule has 2 N–H and O–H groups in total. The molecule has 0 saturated carbocycles. The fourth-order valence-electron chi connectivity index (χ4n) is 2.78. The SMILES string of the molecule is C[C@H]1C[C@@H](C(=O)Nc2ccc(Oc3cccc(Br)c3)nc2)CCN1.Cl. The Labute approximate surface area is 162 Å². The first kappa shape index (κ1) is 19.7. The summed E-state index contributed by atoms with van der Waals surface area (Å²) in [6, 6.07) is 11.5. The predicted molar refractivity (Wildman–Crippen MR) is 105 cm³/mol. The average Bonchev–Trinajstić information content (AvgIpc) is 2.57. The highest BCUT2D eigenvalue weighted by Crippen LogP contribution is 2.24. The molecule has 1 amide bonds. The minimum absolute atomic E-state index is 0. The number of nitrogens with one attached hydrogen (secondary N) is 2. The Bertz CT molecular complexity index is 712. The number of piperidine rings is 1. The van der Waals surface area contributed by atoms with Crippen LogP contribution in [0, 0.1) is 5.92 Å². The molecule has 0 unspecified atom stereocenters. The highest BCUT2D eigenvalue weighted by Gasteiger charge is 2.24. The van der Waals surface area contributed by atoms with Gasteiger partial charge in [-0.2, -0.15) is 0 Å². The second-order valence-corrected chi connectivity index (χ2v) is 6.93. The van der Waals surface area contributed by atoms with E-state index in [2.05, 4.69) is 38.5 Å². The van der Waals surface area contributed by atoms with Crippen LogP contribution in [0.3, 0.4) is 0 Å². The first-order chi connectivity index (χ1) is 11.6. The molecule has 2 heterocycles. The normalized spacial score (nSPS) is 19.6. The Morgan fingerprint density at radius 3 is 2.88 bits per heavy atom. The molecule has 1 aliphatic rings. The van der Waals surface area contributed by atoms with Crippen molar-refractivity contribution in [2.45, 2.75) is 25.8 Å². The molecule has 5 nitrogen and oxygen atoms in total. The minimum Gasteiger partial charge on any atom is -0.439 e. The van der Waals surface area contributed by atoms with E-state index in [0.29, 0.717) is 23.4 Å². The second kappa shape index (κ2) is 9.17. The largest absolute Gasteiger partial charge is 0.439 e. The number of anilines is 1. The van der Waals surface area contributed by atoms with Crippen LogP contribution in [0.4, 0.5) is 5.69 Å². The lowest BCUT2D eigenvalue weighted by atomic mass is 9.92. The van der Waals surface area contributed by atoms with E-state index >= 15 is 0 Å². The standard InChI is InChI=1S/C18H20BrN3O2.ClH/c1-12-9-13(7-8-20-12)18(23)22-15-5-6-17(21-11-15)24-16-4-2-3-14(19)10-16;/h2-6,10-13,20H,7-9H2,1H3,(H,22,23);1H/t12-,13-;/m0./s1. The molecule has 1 saturated heterocycles. The van der Waals surface area contributed by atoms with E-state index in [1.807, 2.05) is 30.3 Å². The third-order valence-corrected chi connectivity index (χ3v) is 4.51. The molecule has 2 atom stereocenters. The monoisotopic (exact) mass is 425 g/mol. The summed E-state index contributed by atoms with van der Waals surface area (Å²) >= 11 is 3.40. The summed E-state index contributed by atoms with van der Waals surface area (Å²) in [4.78, 5) is 16.6. The second-order valence-electron chi connectivity index (χ2n) is 6.01. The highest BCUT2D eigenvalue weighted by molar-refractivity contribution is 9.10. The van der Waals surface area contributed by atoms with E-state index in [-0.39, 0.29) is 24.2 Å². The zero-order valence-electron chi connectivity index (χ0n) is 13.9. The third-order valence-electron chi connectivity index (χ3n) is 4.02. The zero-order valence-corrected chi connectivity index (χ0v) is 16.3. The van der Waals surface area contributed by atoms with Gasteiger partial charge in [-0.3, -0.25) is 4.79 Å². The Morgan fingerprint density at radius 2 is 2.20 bits per heavy atom. The molecular formula is C18H21BrClN3O2. The van der Waals surface area contributed by atoms with Gasteiger partial charge in [-0.1, -0.05) is 22.0 Å². The maximum atomic E-state index is 12.3. The fraction of sp³-hybridized carbons (Fsp3) is 0.333. The Morgan fingerprint density at radius 1 is 1.36 bits per heavy atom. The molecule has 1 aliphatic heterocycles. The van der Waals surface area contributed by atoms with Gasteiger partial charge in [0.1, 0.15) is 5.75 Å². The summed E-state index contributed by atoms with van der Waals surface area (Å²) < 4.78 is 6.63. The van der Waals surface area contributed by atoms with Crippen molar-refractivity contribution in [3.05, 3.63) is 47.1 Å². The summed E-state index contributed by atoms with van der Waals surface area (Å²) in [6.45, 7) is 2.99. The summed E-state index contributed by atoms with van der Waals surface area (Å²) in [5, 5.41) is 6.29. The van der Waals surface area contributed by atoms with Crippen molar-refractivity contribution >= 4 is 39.9 Å². The van der Waals surface area contributed by atoms with Gasteiger partial charge in [-0.05, 0) is 50.6 Å². The van der Waals surface area contributed by atoms with Crippen LogP contribution in [0.2, 0.25) is 0 Å². The zero-order chi connectivity index (χ0) is 16.9. The Kier molecular flexibility index (Phi) is 7.23. The number of benzene rings is 1. The van der Waals surface area contributed by atoms with Crippen molar-refractivity contribution in [3.63, 3.8) is 0 Å². The lowest BCUT2D eigenvalue weighted by molar-refractivity contribution is -0.120. The van der Waals surface area contributed by atoms with E-state index in [1.165, 1.54) is 0 Å². The molecule has 2 aromatic rings. The molecule has 25 heavy (non-hydrogen) atoms. The van der Waals surface area contributed by atoms with Crippen LogP contribution in [0.15, 0.2) is 47.1 Å². The third kappa shape index (κ3) is 5.70. The minimum atomic E-state index is 0. The van der Waals surface area contributed by atoms with Crippen LogP contribution in [0.5, 0.6) is 11.6 Å². The van der Waals surface area contributed by atoms with E-state index in [1.54, 1.807) is 12.3 Å². The van der Waals surface area contributed by atoms with Gasteiger partial charge in [-0.15, -0.1) is 12.4 Å². The van der Waals surface area contributed by atoms with Crippen LogP contribution in [-0.4, -0.2) is 23.5 Å². The van der Waals surface area contributed by atoms with E-state index in [9.17, 15) is 4.79 Å². The maximum absolute atomic E-state index is 12.3. The number of ether oxygens (including phenoxy) is 1. The van der Waals surface area contributed by atoms with Gasteiger partial charge in [0, 0.05) is 22.5 Å². The smallest absolute Gasteiger partial charge is 0.227 e. The van der Waals surface area contributed by atoms with Gasteiger partial charge < -0.3 is 15.4 Å². The molecular weight excluding hydrogens is 406 g/mol. The number of aromatic nitrogens is 1. The van der Waals surface area contributed by atoms with Crippen molar-refractivity contribution in [2.75, 3.05) is 11.9 Å². The first-order valence-electron chi connectivity index (χ1n) is 8.04. The number of rotatable bonds is 4. The van der Waals surface area contributed by atoms with Crippen LogP contribution in [-0.2, 0) is 4.79 Å². The fourth-order valence-corrected chi connectivity index (χ4v) is 3.16. The van der Waals surface area contributed by atoms with Gasteiger partial charge in [0.2, 0.25) is 11.8 Å². The topological polar surface area (TPSA) is 63.2 Å². The van der Waals surface area contributed by atoms with Crippen molar-refractivity contribution in [3.8, 4) is 11.6 Å². The number of halogens is 2. The average molecular weight is 427 g/mol. The van der Waals surface area contributed by atoms with Crippen molar-refractivity contribution in [1.29, 1.82) is 0 Å². The summed E-state index contributed by atoms with van der Waals surface area (Å²) in [6.07, 6.45) is 3.35. The molecule has 3 rings (SSSR count). The van der Waals surface area contributed by atoms with Crippen LogP contribution >= 0.6 is 28.3 Å². The molecule has 134 valence electrons. The quantitative estimate of drug-likeness (QED) is 0.761. The molecule has 1 fully saturated rings. The molecule has 0 aliphatic carbocycles. The predicted octanol–water partition coefficient (Wildman–Crippen LogP) is 4.38. The van der Waals surface area contributed by atoms with Crippen molar-refractivity contribution < 1.29 is 9.53 Å². The molecule has 0 spiro atoms. The van der Waals surface area contributed by atoms with Crippen molar-refractivity contribution in [1.82, 2.24) is 10.3 Å². The van der Waals surface area contributed by atoms with Crippen LogP contribution in [0.1, 0.15) is 19.8 Å². The molecule has 0 bridgehead atoms.